The van der Waals surface area contributed by atoms with Gasteiger partial charge in [0.15, 0.2) is 0 Å². The molecule has 3 heteroatoms. The Labute approximate surface area is 136 Å². The van der Waals surface area contributed by atoms with E-state index < -0.39 is 0 Å². The molecule has 2 nitrogen and oxygen atoms in total. The maximum absolute atomic E-state index is 4.66. The predicted molar refractivity (Wildman–Crippen MR) is 81.3 cm³/mol. The Hall–Kier alpha value is -2.09. The molecule has 0 saturated heterocycles. The first kappa shape index (κ1) is 13.9. The van der Waals surface area contributed by atoms with Gasteiger partial charge in [-0.25, -0.2) is 0 Å². The van der Waals surface area contributed by atoms with E-state index in [-0.39, 0.29) is 20.1 Å². The molecular weight excluding hydrogens is 436 g/mol. The van der Waals surface area contributed by atoms with Crippen molar-refractivity contribution < 1.29 is 20.1 Å². The van der Waals surface area contributed by atoms with Crippen molar-refractivity contribution in [2.24, 2.45) is 0 Å². The quantitative estimate of drug-likeness (QED) is 0.408. The number of nitrogens with zero attached hydrogens (tertiary/aromatic N) is 2. The Bertz CT molecular complexity index is 841. The summed E-state index contributed by atoms with van der Waals surface area (Å²) in [5.74, 6) is 0. The molecule has 2 aromatic heterocycles. The van der Waals surface area contributed by atoms with Crippen LogP contribution in [0, 0.1) is 6.07 Å². The third kappa shape index (κ3) is 2.58. The Morgan fingerprint density at radius 1 is 0.667 bits per heavy atom. The zero-order chi connectivity index (χ0) is 13.4. The molecule has 0 aliphatic rings. The van der Waals surface area contributed by atoms with Crippen molar-refractivity contribution >= 4 is 21.8 Å². The van der Waals surface area contributed by atoms with E-state index in [4.69, 9.17) is 0 Å². The Balaban J connectivity index is 0.00000132. The Morgan fingerprint density at radius 3 is 2.14 bits per heavy atom. The number of para-hydroxylation sites is 2. The van der Waals surface area contributed by atoms with E-state index in [0.29, 0.717) is 0 Å². The van der Waals surface area contributed by atoms with E-state index in [1.807, 2.05) is 54.6 Å². The fourth-order valence-corrected chi connectivity index (χ4v) is 2.34. The minimum Gasteiger partial charge on any atom is -0.310 e. The number of benzene rings is 2. The first-order chi connectivity index (χ1) is 9.90. The van der Waals surface area contributed by atoms with Crippen molar-refractivity contribution in [2.45, 2.75) is 0 Å². The summed E-state index contributed by atoms with van der Waals surface area (Å²) in [4.78, 5) is 9.29. The number of rotatable bonds is 1. The van der Waals surface area contributed by atoms with E-state index >= 15 is 0 Å². The second-order valence-electron chi connectivity index (χ2n) is 4.70. The van der Waals surface area contributed by atoms with Crippen LogP contribution >= 0.6 is 0 Å². The average Bonchev–Trinajstić information content (AvgIpc) is 2.54. The van der Waals surface area contributed by atoms with Crippen molar-refractivity contribution in [2.75, 3.05) is 0 Å². The molecule has 0 amide bonds. The summed E-state index contributed by atoms with van der Waals surface area (Å²) in [7, 11) is 0. The van der Waals surface area contributed by atoms with Crippen molar-refractivity contribution in [1.82, 2.24) is 9.97 Å². The molecule has 0 fully saturated rings. The maximum Gasteiger partial charge on any atom is 0.0559 e. The Kier molecular flexibility index (Phi) is 3.78. The van der Waals surface area contributed by atoms with Gasteiger partial charge in [0.2, 0.25) is 0 Å². The standard InChI is InChI=1S/C18H11N2.Ir/c1-3-7-15-13(5-1)9-11-17(19-15)18-12-10-14-6-2-4-8-16(14)20-18;/h1-11H;/q-1;. The molecule has 0 aliphatic carbocycles. The SMILES string of the molecule is [Ir].[c-]1cc2ccccc2nc1-c1ccc2ccccc2n1. The summed E-state index contributed by atoms with van der Waals surface area (Å²) in [5.41, 5.74) is 3.59. The van der Waals surface area contributed by atoms with Crippen LogP contribution in [0.5, 0.6) is 0 Å². The third-order valence-electron chi connectivity index (χ3n) is 3.37. The van der Waals surface area contributed by atoms with Crippen LogP contribution in [0.2, 0.25) is 0 Å². The zero-order valence-corrected chi connectivity index (χ0v) is 13.5. The summed E-state index contributed by atoms with van der Waals surface area (Å²) in [6, 6.07) is 25.4. The van der Waals surface area contributed by atoms with Gasteiger partial charge in [-0.05, 0) is 28.9 Å². The number of hydrogen-bond donors (Lipinski definition) is 0. The zero-order valence-electron chi connectivity index (χ0n) is 11.1. The van der Waals surface area contributed by atoms with Crippen molar-refractivity contribution in [1.29, 1.82) is 0 Å². The van der Waals surface area contributed by atoms with Gasteiger partial charge in [0.05, 0.1) is 5.52 Å². The molecule has 1 radical (unpaired) electrons. The van der Waals surface area contributed by atoms with E-state index in [2.05, 4.69) is 28.2 Å². The van der Waals surface area contributed by atoms with Crippen LogP contribution in [0.1, 0.15) is 0 Å². The number of aromatic nitrogens is 2. The molecular formula is C18H11IrN2-. The van der Waals surface area contributed by atoms with Gasteiger partial charge in [-0.2, -0.15) is 12.1 Å². The number of pyridine rings is 2. The molecule has 4 rings (SSSR count). The van der Waals surface area contributed by atoms with Crippen molar-refractivity contribution in [3.05, 3.63) is 72.8 Å². The molecule has 2 heterocycles. The molecule has 0 aliphatic heterocycles. The number of fused-ring (bicyclic) bond motifs is 2. The molecule has 0 saturated carbocycles. The fraction of sp³-hybridized carbons (Fsp3) is 0. The number of hydrogen-bond acceptors (Lipinski definition) is 2. The van der Waals surface area contributed by atoms with Gasteiger partial charge in [0.1, 0.15) is 0 Å². The van der Waals surface area contributed by atoms with Gasteiger partial charge in [-0.15, -0.1) is 6.07 Å². The summed E-state index contributed by atoms with van der Waals surface area (Å²) in [6.07, 6.45) is 0. The van der Waals surface area contributed by atoms with E-state index in [9.17, 15) is 0 Å². The molecule has 0 unspecified atom stereocenters. The van der Waals surface area contributed by atoms with Crippen molar-refractivity contribution in [3.63, 3.8) is 0 Å². The molecule has 103 valence electrons. The topological polar surface area (TPSA) is 25.8 Å². The van der Waals surface area contributed by atoms with Gasteiger partial charge in [0, 0.05) is 25.6 Å². The second kappa shape index (κ2) is 5.72. The minimum atomic E-state index is 0. The van der Waals surface area contributed by atoms with E-state index in [0.717, 1.165) is 33.2 Å². The van der Waals surface area contributed by atoms with Gasteiger partial charge in [-0.1, -0.05) is 47.9 Å². The van der Waals surface area contributed by atoms with Crippen LogP contribution in [0.25, 0.3) is 33.2 Å². The van der Waals surface area contributed by atoms with E-state index in [1.165, 1.54) is 0 Å². The minimum absolute atomic E-state index is 0. The summed E-state index contributed by atoms with van der Waals surface area (Å²) >= 11 is 0. The Morgan fingerprint density at radius 2 is 1.33 bits per heavy atom. The third-order valence-corrected chi connectivity index (χ3v) is 3.37. The van der Waals surface area contributed by atoms with Gasteiger partial charge >= 0.3 is 0 Å². The molecule has 0 N–H and O–H groups in total. The molecule has 21 heavy (non-hydrogen) atoms. The van der Waals surface area contributed by atoms with E-state index in [1.54, 1.807) is 0 Å². The van der Waals surface area contributed by atoms with Crippen LogP contribution in [-0.4, -0.2) is 9.97 Å². The van der Waals surface area contributed by atoms with Crippen LogP contribution < -0.4 is 0 Å². The largest absolute Gasteiger partial charge is 0.310 e. The monoisotopic (exact) mass is 448 g/mol. The normalized spacial score (nSPS) is 10.5. The van der Waals surface area contributed by atoms with Gasteiger partial charge < -0.3 is 4.98 Å². The van der Waals surface area contributed by atoms with Gasteiger partial charge in [-0.3, -0.25) is 4.98 Å². The van der Waals surface area contributed by atoms with Gasteiger partial charge in [0.25, 0.3) is 0 Å². The second-order valence-corrected chi connectivity index (χ2v) is 4.70. The average molecular weight is 448 g/mol. The summed E-state index contributed by atoms with van der Waals surface area (Å²) < 4.78 is 0. The first-order valence-electron chi connectivity index (χ1n) is 6.54. The van der Waals surface area contributed by atoms with Crippen LogP contribution in [0.3, 0.4) is 0 Å². The summed E-state index contributed by atoms with van der Waals surface area (Å²) in [5, 5.41) is 2.23. The summed E-state index contributed by atoms with van der Waals surface area (Å²) in [6.45, 7) is 0. The fourth-order valence-electron chi connectivity index (χ4n) is 2.34. The van der Waals surface area contributed by atoms with Crippen molar-refractivity contribution in [3.8, 4) is 11.4 Å². The van der Waals surface area contributed by atoms with Crippen LogP contribution in [0.15, 0.2) is 66.7 Å². The first-order valence-corrected chi connectivity index (χ1v) is 6.54. The van der Waals surface area contributed by atoms with Crippen LogP contribution in [0.4, 0.5) is 0 Å². The molecule has 0 bridgehead atoms. The molecule has 4 aromatic rings. The smallest absolute Gasteiger partial charge is 0.0559 e. The molecule has 0 atom stereocenters. The molecule has 0 spiro atoms. The van der Waals surface area contributed by atoms with Crippen LogP contribution in [-0.2, 0) is 20.1 Å². The maximum atomic E-state index is 4.66. The predicted octanol–water partition coefficient (Wildman–Crippen LogP) is 4.25. The molecule has 2 aromatic carbocycles.